The summed E-state index contributed by atoms with van der Waals surface area (Å²) in [7, 11) is 0. The molecule has 2 nitrogen and oxygen atoms in total. The van der Waals surface area contributed by atoms with Crippen molar-refractivity contribution in [2.45, 2.75) is 19.8 Å². The molecular weight excluding hydrogens is 122 g/mol. The standard InChI is InChI=1S/C5H8NOS/c1-2-3-5(7)6-4-8/h2-3H2,1H3,(H,6,7,8). The van der Waals surface area contributed by atoms with Crippen molar-refractivity contribution in [3.8, 4) is 0 Å². The van der Waals surface area contributed by atoms with Crippen molar-refractivity contribution in [3.63, 3.8) is 0 Å². The Bertz CT molecular complexity index is 92.4. The second kappa shape index (κ2) is 4.71. The molecule has 0 aliphatic heterocycles. The van der Waals surface area contributed by atoms with Gasteiger partial charge in [-0.15, -0.1) is 0 Å². The number of amides is 1. The van der Waals surface area contributed by atoms with Gasteiger partial charge in [0.25, 0.3) is 0 Å². The Morgan fingerprint density at radius 2 is 2.50 bits per heavy atom. The van der Waals surface area contributed by atoms with Gasteiger partial charge in [-0.25, -0.2) is 0 Å². The van der Waals surface area contributed by atoms with Gasteiger partial charge in [0.15, 0.2) is 0 Å². The molecule has 0 aromatic heterocycles. The molecule has 0 spiro atoms. The highest BCUT2D eigenvalue weighted by Gasteiger charge is 1.92. The van der Waals surface area contributed by atoms with E-state index in [0.29, 0.717) is 6.42 Å². The normalized spacial score (nSPS) is 8.12. The zero-order chi connectivity index (χ0) is 6.41. The molecule has 0 saturated heterocycles. The Morgan fingerprint density at radius 1 is 1.88 bits per heavy atom. The molecule has 0 atom stereocenters. The summed E-state index contributed by atoms with van der Waals surface area (Å²) in [6.45, 7) is 1.93. The fourth-order valence-corrected chi connectivity index (χ4v) is 0.460. The number of carbonyl (C=O) groups excluding carboxylic acids is 1. The molecule has 3 heteroatoms. The number of thiocarbonyl (C=S) groups is 1. The van der Waals surface area contributed by atoms with Crippen molar-refractivity contribution < 1.29 is 4.79 Å². The number of rotatable bonds is 3. The summed E-state index contributed by atoms with van der Waals surface area (Å²) in [4.78, 5) is 10.4. The number of nitrogens with one attached hydrogen (secondary N) is 1. The summed E-state index contributed by atoms with van der Waals surface area (Å²) in [5.74, 6) is -0.0532. The summed E-state index contributed by atoms with van der Waals surface area (Å²) in [5, 5.41) is 2.27. The van der Waals surface area contributed by atoms with Crippen LogP contribution in [0.2, 0.25) is 0 Å². The molecule has 0 heterocycles. The Kier molecular flexibility index (Phi) is 4.45. The smallest absolute Gasteiger partial charge is 0.225 e. The first-order chi connectivity index (χ1) is 3.81. The first kappa shape index (κ1) is 7.56. The second-order valence-electron chi connectivity index (χ2n) is 1.40. The van der Waals surface area contributed by atoms with Crippen LogP contribution >= 0.6 is 12.2 Å². The quantitative estimate of drug-likeness (QED) is 0.451. The Balaban J connectivity index is 3.18. The fourth-order valence-electron chi connectivity index (χ4n) is 0.346. The molecule has 0 aromatic rings. The van der Waals surface area contributed by atoms with E-state index >= 15 is 0 Å². The van der Waals surface area contributed by atoms with Gasteiger partial charge in [0.2, 0.25) is 5.91 Å². The molecule has 0 aliphatic carbocycles. The number of hydrogen-bond acceptors (Lipinski definition) is 2. The Labute approximate surface area is 54.3 Å². The predicted octanol–water partition coefficient (Wildman–Crippen LogP) is 0.737. The van der Waals surface area contributed by atoms with E-state index in [9.17, 15) is 4.79 Å². The SMILES string of the molecule is CCCC(=O)N[C]=S. The van der Waals surface area contributed by atoms with E-state index in [0.717, 1.165) is 6.42 Å². The van der Waals surface area contributed by atoms with Gasteiger partial charge in [-0.2, -0.15) is 0 Å². The van der Waals surface area contributed by atoms with Crippen molar-refractivity contribution in [1.29, 1.82) is 0 Å². The molecule has 1 N–H and O–H groups in total. The van der Waals surface area contributed by atoms with Crippen LogP contribution < -0.4 is 5.32 Å². The van der Waals surface area contributed by atoms with Crippen LogP contribution in [0.4, 0.5) is 0 Å². The fraction of sp³-hybridized carbons (Fsp3) is 0.600. The van der Waals surface area contributed by atoms with E-state index in [1.165, 1.54) is 0 Å². The van der Waals surface area contributed by atoms with Crippen molar-refractivity contribution in [2.75, 3.05) is 0 Å². The lowest BCUT2D eigenvalue weighted by Gasteiger charge is -1.91. The van der Waals surface area contributed by atoms with Crippen LogP contribution in [0.1, 0.15) is 19.8 Å². The minimum Gasteiger partial charge on any atom is -0.315 e. The molecule has 0 unspecified atom stereocenters. The van der Waals surface area contributed by atoms with Crippen LogP contribution in [-0.2, 0) is 4.79 Å². The highest BCUT2D eigenvalue weighted by Crippen LogP contribution is 1.82. The molecule has 8 heavy (non-hydrogen) atoms. The summed E-state index contributed by atoms with van der Waals surface area (Å²) < 4.78 is 0. The van der Waals surface area contributed by atoms with Crippen LogP contribution in [0.5, 0.6) is 0 Å². The summed E-state index contributed by atoms with van der Waals surface area (Å²) >= 11 is 4.26. The lowest BCUT2D eigenvalue weighted by atomic mass is 10.3. The van der Waals surface area contributed by atoms with Crippen molar-refractivity contribution in [1.82, 2.24) is 5.32 Å². The molecular formula is C5H8NOS. The van der Waals surface area contributed by atoms with Crippen molar-refractivity contribution in [2.24, 2.45) is 0 Å². The van der Waals surface area contributed by atoms with E-state index in [4.69, 9.17) is 0 Å². The molecule has 0 aliphatic rings. The zero-order valence-electron chi connectivity index (χ0n) is 4.73. The van der Waals surface area contributed by atoms with E-state index < -0.39 is 0 Å². The van der Waals surface area contributed by atoms with Crippen LogP contribution in [-0.4, -0.2) is 11.4 Å². The highest BCUT2D eigenvalue weighted by atomic mass is 32.1. The molecule has 1 radical (unpaired) electrons. The third kappa shape index (κ3) is 3.74. The zero-order valence-corrected chi connectivity index (χ0v) is 5.55. The van der Waals surface area contributed by atoms with Gasteiger partial charge in [0, 0.05) is 6.42 Å². The Hall–Kier alpha value is -0.440. The maximum Gasteiger partial charge on any atom is 0.225 e. The van der Waals surface area contributed by atoms with Gasteiger partial charge in [-0.1, -0.05) is 19.1 Å². The second-order valence-corrected chi connectivity index (χ2v) is 1.60. The first-order valence-electron chi connectivity index (χ1n) is 2.47. The van der Waals surface area contributed by atoms with Gasteiger partial charge < -0.3 is 5.32 Å². The van der Waals surface area contributed by atoms with Crippen molar-refractivity contribution >= 4 is 23.6 Å². The topological polar surface area (TPSA) is 29.1 Å². The molecule has 0 saturated carbocycles. The van der Waals surface area contributed by atoms with Crippen molar-refractivity contribution in [3.05, 3.63) is 0 Å². The maximum absolute atomic E-state index is 10.4. The molecule has 45 valence electrons. The minimum absolute atomic E-state index is 0.0532. The van der Waals surface area contributed by atoms with Gasteiger partial charge in [0.1, 0.15) is 5.49 Å². The van der Waals surface area contributed by atoms with E-state index in [2.05, 4.69) is 23.0 Å². The van der Waals surface area contributed by atoms with Crippen LogP contribution in [0.25, 0.3) is 0 Å². The third-order valence-corrected chi connectivity index (χ3v) is 0.770. The minimum atomic E-state index is -0.0532. The highest BCUT2D eigenvalue weighted by molar-refractivity contribution is 7.78. The summed E-state index contributed by atoms with van der Waals surface area (Å²) in [5.41, 5.74) is 2.14. The number of hydrogen-bond donors (Lipinski definition) is 1. The lowest BCUT2D eigenvalue weighted by Crippen LogP contribution is -2.19. The average Bonchev–Trinajstić information content (AvgIpc) is 1.68. The van der Waals surface area contributed by atoms with Crippen LogP contribution in [0, 0.1) is 0 Å². The van der Waals surface area contributed by atoms with E-state index in [1.807, 2.05) is 6.92 Å². The molecule has 1 amide bonds. The molecule has 0 rings (SSSR count). The maximum atomic E-state index is 10.4. The molecule has 0 bridgehead atoms. The van der Waals surface area contributed by atoms with Gasteiger partial charge in [0.05, 0.1) is 0 Å². The summed E-state index contributed by atoms with van der Waals surface area (Å²) in [6, 6.07) is 0. The molecule has 0 fully saturated rings. The summed E-state index contributed by atoms with van der Waals surface area (Å²) in [6.07, 6.45) is 1.38. The van der Waals surface area contributed by atoms with Crippen LogP contribution in [0.3, 0.4) is 0 Å². The van der Waals surface area contributed by atoms with Crippen LogP contribution in [0.15, 0.2) is 0 Å². The van der Waals surface area contributed by atoms with Gasteiger partial charge in [-0.3, -0.25) is 4.79 Å². The predicted molar refractivity (Wildman–Crippen MR) is 35.6 cm³/mol. The third-order valence-electron chi connectivity index (χ3n) is 0.668. The average molecular weight is 130 g/mol. The van der Waals surface area contributed by atoms with Gasteiger partial charge >= 0.3 is 0 Å². The number of carbonyl (C=O) groups is 1. The monoisotopic (exact) mass is 130 g/mol. The lowest BCUT2D eigenvalue weighted by molar-refractivity contribution is -0.119. The molecule has 0 aromatic carbocycles. The largest absolute Gasteiger partial charge is 0.315 e. The first-order valence-corrected chi connectivity index (χ1v) is 2.88. The Morgan fingerprint density at radius 3 is 2.88 bits per heavy atom. The van der Waals surface area contributed by atoms with Gasteiger partial charge in [-0.05, 0) is 6.42 Å². The van der Waals surface area contributed by atoms with E-state index in [1.54, 1.807) is 0 Å². The van der Waals surface area contributed by atoms with E-state index in [-0.39, 0.29) is 5.91 Å².